The van der Waals surface area contributed by atoms with Gasteiger partial charge < -0.3 is 15.2 Å². The Kier molecular flexibility index (Phi) is 5.18. The van der Waals surface area contributed by atoms with Crippen LogP contribution in [0, 0.1) is 0 Å². The topological polar surface area (TPSA) is 65.2 Å². The summed E-state index contributed by atoms with van der Waals surface area (Å²) < 4.78 is 0. The molecule has 5 nitrogen and oxygen atoms in total. The molecule has 1 saturated carbocycles. The number of nitrogens with zero attached hydrogens (tertiary/aromatic N) is 1. The summed E-state index contributed by atoms with van der Waals surface area (Å²) in [6.45, 7) is 2.73. The normalized spacial score (nSPS) is 14.9. The molecule has 1 fully saturated rings. The summed E-state index contributed by atoms with van der Waals surface area (Å²) in [5, 5.41) is 4.03. The highest BCUT2D eigenvalue weighted by Crippen LogP contribution is 2.23. The largest absolute Gasteiger partial charge is 0.361 e. The van der Waals surface area contributed by atoms with Crippen LogP contribution in [0.3, 0.4) is 0 Å². The van der Waals surface area contributed by atoms with E-state index in [-0.39, 0.29) is 11.8 Å². The van der Waals surface area contributed by atoms with Gasteiger partial charge in [-0.25, -0.2) is 0 Å². The fourth-order valence-corrected chi connectivity index (χ4v) is 3.64. The van der Waals surface area contributed by atoms with Crippen molar-refractivity contribution in [2.45, 2.75) is 45.1 Å². The molecule has 0 saturated heterocycles. The Morgan fingerprint density at radius 1 is 1.25 bits per heavy atom. The Hall–Kier alpha value is -2.30. The molecule has 24 heavy (non-hydrogen) atoms. The number of nitrogens with one attached hydrogen (secondary N) is 2. The lowest BCUT2D eigenvalue weighted by atomic mass is 10.1. The van der Waals surface area contributed by atoms with Crippen molar-refractivity contribution in [1.29, 1.82) is 0 Å². The minimum atomic E-state index is -0.00493. The molecule has 0 radical (unpaired) electrons. The lowest BCUT2D eigenvalue weighted by Gasteiger charge is -2.27. The van der Waals surface area contributed by atoms with Crippen LogP contribution in [-0.4, -0.2) is 40.8 Å². The van der Waals surface area contributed by atoms with E-state index in [1.165, 1.54) is 12.8 Å². The summed E-state index contributed by atoms with van der Waals surface area (Å²) in [5.41, 5.74) is 2.05. The lowest BCUT2D eigenvalue weighted by Crippen LogP contribution is -2.42. The quantitative estimate of drug-likeness (QED) is 0.856. The van der Waals surface area contributed by atoms with Gasteiger partial charge in [-0.2, -0.15) is 0 Å². The summed E-state index contributed by atoms with van der Waals surface area (Å²) in [5.74, 6) is 0.0995. The van der Waals surface area contributed by atoms with E-state index in [0.29, 0.717) is 25.6 Å². The molecule has 5 heteroatoms. The number of fused-ring (bicyclic) bond motifs is 1. The number of aromatic amines is 1. The first-order valence-corrected chi connectivity index (χ1v) is 8.74. The van der Waals surface area contributed by atoms with Crippen LogP contribution < -0.4 is 5.32 Å². The Morgan fingerprint density at radius 3 is 2.75 bits per heavy atom. The summed E-state index contributed by atoms with van der Waals surface area (Å²) in [6, 6.07) is 8.33. The highest BCUT2D eigenvalue weighted by atomic mass is 16.2. The molecule has 1 aromatic carbocycles. The predicted molar refractivity (Wildman–Crippen MR) is 94.7 cm³/mol. The number of aromatic nitrogens is 1. The van der Waals surface area contributed by atoms with Crippen molar-refractivity contribution in [3.8, 4) is 0 Å². The number of hydrogen-bond donors (Lipinski definition) is 2. The summed E-state index contributed by atoms with van der Waals surface area (Å²) in [6.07, 6.45) is 6.81. The van der Waals surface area contributed by atoms with E-state index in [1.807, 2.05) is 35.4 Å². The van der Waals surface area contributed by atoms with Gasteiger partial charge >= 0.3 is 0 Å². The van der Waals surface area contributed by atoms with Crippen LogP contribution in [0.1, 0.15) is 38.2 Å². The number of hydrogen-bond acceptors (Lipinski definition) is 2. The number of amides is 2. The number of H-pyrrole nitrogens is 1. The highest BCUT2D eigenvalue weighted by Gasteiger charge is 2.24. The van der Waals surface area contributed by atoms with E-state index >= 15 is 0 Å². The van der Waals surface area contributed by atoms with Crippen molar-refractivity contribution < 1.29 is 9.59 Å². The SMILES string of the molecule is CC(=O)N(CCNC(=O)Cc1c[nH]c2ccccc12)C1CCCC1. The van der Waals surface area contributed by atoms with E-state index < -0.39 is 0 Å². The zero-order valence-corrected chi connectivity index (χ0v) is 14.2. The third-order valence-electron chi connectivity index (χ3n) is 4.87. The molecule has 1 aromatic heterocycles. The molecule has 128 valence electrons. The molecule has 0 unspecified atom stereocenters. The Labute approximate surface area is 142 Å². The summed E-state index contributed by atoms with van der Waals surface area (Å²) >= 11 is 0. The molecular weight excluding hydrogens is 302 g/mol. The van der Waals surface area contributed by atoms with Gasteiger partial charge in [0.1, 0.15) is 0 Å². The Morgan fingerprint density at radius 2 is 2.00 bits per heavy atom. The molecule has 0 bridgehead atoms. The maximum Gasteiger partial charge on any atom is 0.224 e. The van der Waals surface area contributed by atoms with Crippen molar-refractivity contribution in [3.05, 3.63) is 36.0 Å². The van der Waals surface area contributed by atoms with Crippen LogP contribution in [0.4, 0.5) is 0 Å². The molecule has 1 heterocycles. The van der Waals surface area contributed by atoms with Gasteiger partial charge in [-0.15, -0.1) is 0 Å². The third kappa shape index (κ3) is 3.78. The van der Waals surface area contributed by atoms with Gasteiger partial charge in [0.25, 0.3) is 0 Å². The van der Waals surface area contributed by atoms with E-state index in [9.17, 15) is 9.59 Å². The summed E-state index contributed by atoms with van der Waals surface area (Å²) in [7, 11) is 0. The minimum Gasteiger partial charge on any atom is -0.361 e. The molecule has 2 amide bonds. The monoisotopic (exact) mass is 327 g/mol. The maximum absolute atomic E-state index is 12.2. The molecule has 0 aliphatic heterocycles. The lowest BCUT2D eigenvalue weighted by molar-refractivity contribution is -0.131. The van der Waals surface area contributed by atoms with E-state index in [2.05, 4.69) is 10.3 Å². The predicted octanol–water partition coefficient (Wildman–Crippen LogP) is 2.62. The fraction of sp³-hybridized carbons (Fsp3) is 0.474. The minimum absolute atomic E-state index is 0.00493. The van der Waals surface area contributed by atoms with Crippen molar-refractivity contribution in [2.24, 2.45) is 0 Å². The summed E-state index contributed by atoms with van der Waals surface area (Å²) in [4.78, 5) is 29.1. The number of rotatable bonds is 6. The average molecular weight is 327 g/mol. The highest BCUT2D eigenvalue weighted by molar-refractivity contribution is 5.88. The van der Waals surface area contributed by atoms with Gasteiger partial charge in [-0.1, -0.05) is 31.0 Å². The zero-order valence-electron chi connectivity index (χ0n) is 14.2. The van der Waals surface area contributed by atoms with E-state index in [0.717, 1.165) is 29.3 Å². The molecule has 2 N–H and O–H groups in total. The van der Waals surface area contributed by atoms with Gasteiger partial charge in [0.05, 0.1) is 6.42 Å². The second-order valence-electron chi connectivity index (χ2n) is 6.54. The Balaban J connectivity index is 1.51. The molecule has 3 rings (SSSR count). The van der Waals surface area contributed by atoms with Crippen LogP contribution >= 0.6 is 0 Å². The van der Waals surface area contributed by atoms with Crippen molar-refractivity contribution in [3.63, 3.8) is 0 Å². The van der Waals surface area contributed by atoms with Crippen LogP contribution in [0.25, 0.3) is 10.9 Å². The number of benzene rings is 1. The van der Waals surface area contributed by atoms with Crippen LogP contribution in [0.15, 0.2) is 30.5 Å². The first-order valence-electron chi connectivity index (χ1n) is 8.74. The maximum atomic E-state index is 12.2. The molecule has 0 spiro atoms. The molecular formula is C19H25N3O2. The van der Waals surface area contributed by atoms with Crippen LogP contribution in [0.5, 0.6) is 0 Å². The van der Waals surface area contributed by atoms with Gasteiger partial charge in [0.2, 0.25) is 11.8 Å². The zero-order chi connectivity index (χ0) is 16.9. The first kappa shape index (κ1) is 16.6. The molecule has 2 aromatic rings. The standard InChI is InChI=1S/C19H25N3O2/c1-14(23)22(16-6-2-3-7-16)11-10-20-19(24)12-15-13-21-18-9-5-4-8-17(15)18/h4-5,8-9,13,16,21H,2-3,6-7,10-12H2,1H3,(H,20,24). The van der Waals surface area contributed by atoms with Gasteiger partial charge in [0, 0.05) is 43.2 Å². The first-order chi connectivity index (χ1) is 11.6. The third-order valence-corrected chi connectivity index (χ3v) is 4.87. The number of carbonyl (C=O) groups is 2. The molecule has 0 atom stereocenters. The second-order valence-corrected chi connectivity index (χ2v) is 6.54. The average Bonchev–Trinajstić information content (AvgIpc) is 3.22. The van der Waals surface area contributed by atoms with Gasteiger partial charge in [-0.3, -0.25) is 9.59 Å². The van der Waals surface area contributed by atoms with Crippen molar-refractivity contribution in [2.75, 3.05) is 13.1 Å². The van der Waals surface area contributed by atoms with E-state index in [4.69, 9.17) is 0 Å². The van der Waals surface area contributed by atoms with Crippen LogP contribution in [-0.2, 0) is 16.0 Å². The molecule has 1 aliphatic carbocycles. The van der Waals surface area contributed by atoms with E-state index in [1.54, 1.807) is 6.92 Å². The van der Waals surface area contributed by atoms with Crippen molar-refractivity contribution >= 4 is 22.7 Å². The Bertz CT molecular complexity index is 716. The fourth-order valence-electron chi connectivity index (χ4n) is 3.64. The number of para-hydroxylation sites is 1. The molecule has 1 aliphatic rings. The second kappa shape index (κ2) is 7.51. The van der Waals surface area contributed by atoms with Gasteiger partial charge in [0.15, 0.2) is 0 Å². The number of carbonyl (C=O) groups excluding carboxylic acids is 2. The smallest absolute Gasteiger partial charge is 0.224 e. The van der Waals surface area contributed by atoms with Crippen molar-refractivity contribution in [1.82, 2.24) is 15.2 Å². The van der Waals surface area contributed by atoms with Crippen LogP contribution in [0.2, 0.25) is 0 Å². The van der Waals surface area contributed by atoms with Gasteiger partial charge in [-0.05, 0) is 24.5 Å².